The monoisotopic (exact) mass is 384 g/mol. The van der Waals surface area contributed by atoms with Crippen LogP contribution in [0.1, 0.15) is 38.5 Å². The van der Waals surface area contributed by atoms with Crippen LogP contribution in [0.15, 0.2) is 0 Å². The molecule has 0 aromatic carbocycles. The molecule has 0 saturated carbocycles. The first-order valence-corrected chi connectivity index (χ1v) is 7.97. The number of hydrogen-bond acceptors (Lipinski definition) is 4. The van der Waals surface area contributed by atoms with Gasteiger partial charge in [0.1, 0.15) is 0 Å². The minimum Gasteiger partial charge on any atom is -0.285 e. The maximum atomic E-state index is 12.0. The van der Waals surface area contributed by atoms with Crippen molar-refractivity contribution in [1.82, 2.24) is 10.0 Å². The highest BCUT2D eigenvalue weighted by Crippen LogP contribution is 2.35. The number of hydrogen-bond donors (Lipinski definition) is 0. The Morgan fingerprint density at radius 3 is 2.17 bits per heavy atom. The summed E-state index contributed by atoms with van der Waals surface area (Å²) in [5, 5.41) is 3.60. The van der Waals surface area contributed by atoms with Crippen molar-refractivity contribution < 1.29 is 9.59 Å². The summed E-state index contributed by atoms with van der Waals surface area (Å²) in [5.74, 6) is 0. The molecule has 102 valence electrons. The van der Waals surface area contributed by atoms with E-state index in [9.17, 15) is 9.59 Å². The zero-order valence-electron chi connectivity index (χ0n) is 10.3. The Kier molecular flexibility index (Phi) is 5.02. The molecule has 2 saturated heterocycles. The highest BCUT2D eigenvalue weighted by molar-refractivity contribution is 14.1. The fourth-order valence-corrected chi connectivity index (χ4v) is 4.17. The molecule has 18 heavy (non-hydrogen) atoms. The standard InChI is InChI=1S/C12H18ClIN2O2/c13-10(17)12(11(14)18)6-2-5-9-16(12)15-7-3-1-4-8-15/h1-9H2. The second-order valence-electron chi connectivity index (χ2n) is 5.00. The smallest absolute Gasteiger partial charge is 0.251 e. The predicted octanol–water partition coefficient (Wildman–Crippen LogP) is 2.34. The van der Waals surface area contributed by atoms with Gasteiger partial charge in [-0.1, -0.05) is 6.42 Å². The molecule has 0 amide bonds. The quantitative estimate of drug-likeness (QED) is 0.425. The lowest BCUT2D eigenvalue weighted by Gasteiger charge is -2.49. The fourth-order valence-electron chi connectivity index (χ4n) is 2.94. The summed E-state index contributed by atoms with van der Waals surface area (Å²) in [6.45, 7) is 2.61. The minimum absolute atomic E-state index is 0.148. The van der Waals surface area contributed by atoms with Crippen LogP contribution in [0.25, 0.3) is 0 Å². The molecule has 1 atom stereocenters. The third-order valence-electron chi connectivity index (χ3n) is 3.92. The maximum Gasteiger partial charge on any atom is 0.251 e. The van der Waals surface area contributed by atoms with Crippen LogP contribution in [-0.2, 0) is 9.59 Å². The lowest BCUT2D eigenvalue weighted by molar-refractivity contribution is -0.162. The molecule has 2 aliphatic heterocycles. The molecule has 6 heteroatoms. The van der Waals surface area contributed by atoms with Gasteiger partial charge < -0.3 is 0 Å². The van der Waals surface area contributed by atoms with Crippen LogP contribution in [0.2, 0.25) is 0 Å². The van der Waals surface area contributed by atoms with Gasteiger partial charge >= 0.3 is 0 Å². The van der Waals surface area contributed by atoms with E-state index in [1.807, 2.05) is 5.01 Å². The van der Waals surface area contributed by atoms with E-state index in [4.69, 9.17) is 11.6 Å². The van der Waals surface area contributed by atoms with Crippen LogP contribution >= 0.6 is 34.2 Å². The number of hydrazine groups is 1. The summed E-state index contributed by atoms with van der Waals surface area (Å²) in [7, 11) is 0. The largest absolute Gasteiger partial charge is 0.285 e. The fraction of sp³-hybridized carbons (Fsp3) is 0.833. The van der Waals surface area contributed by atoms with Crippen molar-refractivity contribution in [2.75, 3.05) is 19.6 Å². The van der Waals surface area contributed by atoms with E-state index in [1.165, 1.54) is 6.42 Å². The molecule has 0 aromatic rings. The van der Waals surface area contributed by atoms with Crippen molar-refractivity contribution >= 4 is 43.2 Å². The molecule has 0 spiro atoms. The van der Waals surface area contributed by atoms with E-state index in [0.717, 1.165) is 45.3 Å². The molecule has 0 N–H and O–H groups in total. The molecule has 2 aliphatic rings. The molecule has 0 aromatic heterocycles. The first-order valence-electron chi connectivity index (χ1n) is 6.51. The van der Waals surface area contributed by atoms with E-state index in [1.54, 1.807) is 22.6 Å². The molecule has 2 rings (SSSR count). The van der Waals surface area contributed by atoms with Gasteiger partial charge in [0.15, 0.2) is 5.54 Å². The van der Waals surface area contributed by atoms with E-state index in [-0.39, 0.29) is 3.79 Å². The third-order valence-corrected chi connectivity index (χ3v) is 5.13. The van der Waals surface area contributed by atoms with Gasteiger partial charge in [-0.25, -0.2) is 10.0 Å². The van der Waals surface area contributed by atoms with Crippen molar-refractivity contribution in [2.45, 2.75) is 44.1 Å². The normalized spacial score (nSPS) is 31.2. The molecule has 2 fully saturated rings. The Labute approximate surface area is 126 Å². The van der Waals surface area contributed by atoms with E-state index in [0.29, 0.717) is 6.42 Å². The highest BCUT2D eigenvalue weighted by Gasteiger charge is 2.52. The van der Waals surface area contributed by atoms with Crippen LogP contribution < -0.4 is 0 Å². The van der Waals surface area contributed by atoms with Crippen molar-refractivity contribution in [3.63, 3.8) is 0 Å². The van der Waals surface area contributed by atoms with Crippen LogP contribution in [0, 0.1) is 0 Å². The molecular formula is C12H18ClIN2O2. The number of halogens is 2. The van der Waals surface area contributed by atoms with E-state index < -0.39 is 10.8 Å². The highest BCUT2D eigenvalue weighted by atomic mass is 127. The van der Waals surface area contributed by atoms with Crippen LogP contribution in [-0.4, -0.2) is 44.2 Å². The van der Waals surface area contributed by atoms with Crippen LogP contribution in [0.3, 0.4) is 0 Å². The summed E-state index contributed by atoms with van der Waals surface area (Å²) in [5.41, 5.74) is -1.11. The molecule has 0 radical (unpaired) electrons. The van der Waals surface area contributed by atoms with Crippen molar-refractivity contribution in [3.05, 3.63) is 0 Å². The minimum atomic E-state index is -1.11. The number of rotatable bonds is 3. The van der Waals surface area contributed by atoms with Gasteiger partial charge in [-0.3, -0.25) is 9.59 Å². The number of nitrogens with zero attached hydrogens (tertiary/aromatic N) is 2. The predicted molar refractivity (Wildman–Crippen MR) is 78.6 cm³/mol. The van der Waals surface area contributed by atoms with Gasteiger partial charge in [0.25, 0.3) is 5.24 Å². The number of carbonyl (C=O) groups is 2. The average molecular weight is 385 g/mol. The zero-order chi connectivity index (χ0) is 13.2. The first-order chi connectivity index (χ1) is 8.59. The topological polar surface area (TPSA) is 40.6 Å². The molecule has 1 unspecified atom stereocenters. The maximum absolute atomic E-state index is 12.0. The van der Waals surface area contributed by atoms with Gasteiger partial charge in [0.2, 0.25) is 3.79 Å². The van der Waals surface area contributed by atoms with Crippen LogP contribution in [0.5, 0.6) is 0 Å². The Morgan fingerprint density at radius 2 is 1.61 bits per heavy atom. The summed E-state index contributed by atoms with van der Waals surface area (Å²) in [6.07, 6.45) is 5.93. The summed E-state index contributed by atoms with van der Waals surface area (Å²) in [4.78, 5) is 23.9. The van der Waals surface area contributed by atoms with Gasteiger partial charge in [-0.15, -0.1) is 0 Å². The van der Waals surface area contributed by atoms with Gasteiger partial charge in [-0.2, -0.15) is 0 Å². The summed E-state index contributed by atoms with van der Waals surface area (Å²) in [6, 6.07) is 0. The molecule has 0 aliphatic carbocycles. The molecular weight excluding hydrogens is 367 g/mol. The lowest BCUT2D eigenvalue weighted by Crippen LogP contribution is -2.66. The summed E-state index contributed by atoms with van der Waals surface area (Å²) < 4.78 is -0.148. The Balaban J connectivity index is 2.27. The van der Waals surface area contributed by atoms with Crippen molar-refractivity contribution in [3.8, 4) is 0 Å². The van der Waals surface area contributed by atoms with Crippen molar-refractivity contribution in [1.29, 1.82) is 0 Å². The van der Waals surface area contributed by atoms with Gasteiger partial charge in [-0.05, 0) is 43.7 Å². The Hall–Kier alpha value is 0.280. The average Bonchev–Trinajstić information content (AvgIpc) is 2.39. The number of piperidine rings is 2. The van der Waals surface area contributed by atoms with Gasteiger partial charge in [0, 0.05) is 42.2 Å². The van der Waals surface area contributed by atoms with Crippen LogP contribution in [0.4, 0.5) is 0 Å². The summed E-state index contributed by atoms with van der Waals surface area (Å²) >= 11 is 7.52. The van der Waals surface area contributed by atoms with Gasteiger partial charge in [0.05, 0.1) is 0 Å². The second-order valence-corrected chi connectivity index (χ2v) is 6.33. The molecule has 2 heterocycles. The first kappa shape index (κ1) is 14.7. The molecule has 0 bridgehead atoms. The van der Waals surface area contributed by atoms with Crippen molar-refractivity contribution in [2.24, 2.45) is 0 Å². The van der Waals surface area contributed by atoms with E-state index >= 15 is 0 Å². The Morgan fingerprint density at radius 1 is 1.00 bits per heavy atom. The lowest BCUT2D eigenvalue weighted by atomic mass is 9.90. The zero-order valence-corrected chi connectivity index (χ0v) is 13.2. The second kappa shape index (κ2) is 6.15. The SMILES string of the molecule is O=C(Cl)C1(C(=O)I)CCCCN1N1CCCCC1. The third kappa shape index (κ3) is 2.59. The number of carbonyl (C=O) groups excluding carboxylic acids is 2. The Bertz CT molecular complexity index is 331. The molecule has 4 nitrogen and oxygen atoms in total. The van der Waals surface area contributed by atoms with E-state index in [2.05, 4.69) is 5.01 Å².